The standard InChI is InChI=1S/C20H17N5O2/c1-13-23-17(20(26)22-12-15-7-4-10-27-15)11-18(24-13)25-16-8-2-5-14-6-3-9-21-19(14)16/h2-11H,12H2,1H3,(H,22,26)(H,23,24,25). The van der Waals surface area contributed by atoms with E-state index in [9.17, 15) is 4.79 Å². The van der Waals surface area contributed by atoms with Gasteiger partial charge in [-0.3, -0.25) is 9.78 Å². The van der Waals surface area contributed by atoms with E-state index in [0.29, 0.717) is 23.9 Å². The molecule has 3 aromatic heterocycles. The van der Waals surface area contributed by atoms with Crippen LogP contribution in [-0.4, -0.2) is 20.9 Å². The number of aryl methyl sites for hydroxylation is 1. The first-order chi connectivity index (χ1) is 13.2. The fourth-order valence-electron chi connectivity index (χ4n) is 2.76. The van der Waals surface area contributed by atoms with E-state index >= 15 is 0 Å². The lowest BCUT2D eigenvalue weighted by Crippen LogP contribution is -2.24. The first-order valence-corrected chi connectivity index (χ1v) is 8.46. The summed E-state index contributed by atoms with van der Waals surface area (Å²) in [7, 11) is 0. The number of benzene rings is 1. The lowest BCUT2D eigenvalue weighted by atomic mass is 10.2. The predicted octanol–water partition coefficient (Wildman–Crippen LogP) is 3.60. The number of para-hydroxylation sites is 1. The summed E-state index contributed by atoms with van der Waals surface area (Å²) < 4.78 is 5.22. The van der Waals surface area contributed by atoms with E-state index in [0.717, 1.165) is 16.6 Å². The Labute approximate surface area is 155 Å². The lowest BCUT2D eigenvalue weighted by molar-refractivity contribution is 0.0942. The SMILES string of the molecule is Cc1nc(Nc2cccc3cccnc23)cc(C(=O)NCc2ccco2)n1. The molecular formula is C20H17N5O2. The molecule has 0 saturated heterocycles. The number of anilines is 2. The molecule has 0 unspecified atom stereocenters. The highest BCUT2D eigenvalue weighted by Gasteiger charge is 2.12. The third kappa shape index (κ3) is 3.77. The van der Waals surface area contributed by atoms with E-state index in [1.165, 1.54) is 0 Å². The van der Waals surface area contributed by atoms with Crippen molar-refractivity contribution < 1.29 is 9.21 Å². The number of nitrogens with zero attached hydrogens (tertiary/aromatic N) is 3. The van der Waals surface area contributed by atoms with Crippen LogP contribution < -0.4 is 10.6 Å². The zero-order chi connectivity index (χ0) is 18.6. The molecule has 4 rings (SSSR count). The minimum Gasteiger partial charge on any atom is -0.467 e. The van der Waals surface area contributed by atoms with Crippen molar-refractivity contribution in [1.82, 2.24) is 20.3 Å². The summed E-state index contributed by atoms with van der Waals surface area (Å²) in [6.07, 6.45) is 3.31. The number of aromatic nitrogens is 3. The number of fused-ring (bicyclic) bond motifs is 1. The monoisotopic (exact) mass is 359 g/mol. The average molecular weight is 359 g/mol. The van der Waals surface area contributed by atoms with Crippen LogP contribution in [0.3, 0.4) is 0 Å². The number of nitrogens with one attached hydrogen (secondary N) is 2. The zero-order valence-electron chi connectivity index (χ0n) is 14.6. The molecule has 0 aliphatic heterocycles. The van der Waals surface area contributed by atoms with Crippen LogP contribution in [0.15, 0.2) is 65.4 Å². The highest BCUT2D eigenvalue weighted by Crippen LogP contribution is 2.24. The number of hydrogen-bond donors (Lipinski definition) is 2. The van der Waals surface area contributed by atoms with Crippen LogP contribution >= 0.6 is 0 Å². The summed E-state index contributed by atoms with van der Waals surface area (Å²) in [5, 5.41) is 7.04. The van der Waals surface area contributed by atoms with E-state index in [2.05, 4.69) is 25.6 Å². The Hall–Kier alpha value is -3.74. The maximum absolute atomic E-state index is 12.4. The van der Waals surface area contributed by atoms with Crippen molar-refractivity contribution in [3.63, 3.8) is 0 Å². The Morgan fingerprint density at radius 3 is 2.85 bits per heavy atom. The van der Waals surface area contributed by atoms with E-state index in [1.807, 2.05) is 30.3 Å². The Morgan fingerprint density at radius 2 is 2.00 bits per heavy atom. The van der Waals surface area contributed by atoms with Crippen molar-refractivity contribution in [3.05, 3.63) is 78.3 Å². The molecule has 0 saturated carbocycles. The van der Waals surface area contributed by atoms with Crippen molar-refractivity contribution in [3.8, 4) is 0 Å². The van der Waals surface area contributed by atoms with Gasteiger partial charge >= 0.3 is 0 Å². The number of carbonyl (C=O) groups excluding carboxylic acids is 1. The molecule has 7 heteroatoms. The third-order valence-electron chi connectivity index (χ3n) is 3.97. The van der Waals surface area contributed by atoms with Gasteiger partial charge < -0.3 is 15.1 Å². The van der Waals surface area contributed by atoms with Gasteiger partial charge in [-0.05, 0) is 31.2 Å². The Balaban J connectivity index is 1.57. The van der Waals surface area contributed by atoms with Crippen LogP contribution in [0.4, 0.5) is 11.5 Å². The highest BCUT2D eigenvalue weighted by molar-refractivity contribution is 5.94. The second-order valence-electron chi connectivity index (χ2n) is 5.95. The molecule has 0 radical (unpaired) electrons. The molecule has 3 heterocycles. The molecular weight excluding hydrogens is 342 g/mol. The van der Waals surface area contributed by atoms with Crippen LogP contribution in [0.5, 0.6) is 0 Å². The van der Waals surface area contributed by atoms with Crippen molar-refractivity contribution in [2.24, 2.45) is 0 Å². The molecule has 0 atom stereocenters. The van der Waals surface area contributed by atoms with E-state index in [4.69, 9.17) is 4.42 Å². The lowest BCUT2D eigenvalue weighted by Gasteiger charge is -2.10. The van der Waals surface area contributed by atoms with Crippen molar-refractivity contribution in [1.29, 1.82) is 0 Å². The van der Waals surface area contributed by atoms with Crippen molar-refractivity contribution in [2.45, 2.75) is 13.5 Å². The van der Waals surface area contributed by atoms with Gasteiger partial charge in [-0.1, -0.05) is 18.2 Å². The maximum Gasteiger partial charge on any atom is 0.270 e. The van der Waals surface area contributed by atoms with E-state index in [1.54, 1.807) is 37.6 Å². The van der Waals surface area contributed by atoms with E-state index in [-0.39, 0.29) is 11.6 Å². The molecule has 1 amide bonds. The van der Waals surface area contributed by atoms with Crippen LogP contribution in [0.1, 0.15) is 22.1 Å². The summed E-state index contributed by atoms with van der Waals surface area (Å²) in [5.74, 6) is 1.41. The van der Waals surface area contributed by atoms with Gasteiger partial charge in [-0.15, -0.1) is 0 Å². The van der Waals surface area contributed by atoms with Gasteiger partial charge in [0.1, 0.15) is 23.1 Å². The number of hydrogen-bond acceptors (Lipinski definition) is 6. The van der Waals surface area contributed by atoms with Gasteiger partial charge in [0.05, 0.1) is 24.0 Å². The summed E-state index contributed by atoms with van der Waals surface area (Å²) in [5.41, 5.74) is 1.93. The summed E-state index contributed by atoms with van der Waals surface area (Å²) in [6, 6.07) is 14.9. The number of carbonyl (C=O) groups is 1. The van der Waals surface area contributed by atoms with Gasteiger partial charge in [0, 0.05) is 17.6 Å². The average Bonchev–Trinajstić information content (AvgIpc) is 3.19. The van der Waals surface area contributed by atoms with Gasteiger partial charge in [-0.2, -0.15) is 0 Å². The maximum atomic E-state index is 12.4. The number of amides is 1. The van der Waals surface area contributed by atoms with Gasteiger partial charge in [-0.25, -0.2) is 9.97 Å². The normalized spacial score (nSPS) is 10.7. The minimum atomic E-state index is -0.295. The molecule has 0 bridgehead atoms. The molecule has 0 spiro atoms. The van der Waals surface area contributed by atoms with Gasteiger partial charge in [0.2, 0.25) is 0 Å². The van der Waals surface area contributed by atoms with Gasteiger partial charge in [0.15, 0.2) is 0 Å². The summed E-state index contributed by atoms with van der Waals surface area (Å²) in [4.78, 5) is 25.5. The molecule has 27 heavy (non-hydrogen) atoms. The number of rotatable bonds is 5. The smallest absolute Gasteiger partial charge is 0.270 e. The van der Waals surface area contributed by atoms with Crippen molar-refractivity contribution in [2.75, 3.05) is 5.32 Å². The van der Waals surface area contributed by atoms with Crippen LogP contribution in [0.25, 0.3) is 10.9 Å². The van der Waals surface area contributed by atoms with Crippen molar-refractivity contribution >= 4 is 28.3 Å². The first kappa shape index (κ1) is 16.7. The van der Waals surface area contributed by atoms with Crippen LogP contribution in [-0.2, 0) is 6.54 Å². The first-order valence-electron chi connectivity index (χ1n) is 8.46. The third-order valence-corrected chi connectivity index (χ3v) is 3.97. The number of furan rings is 1. The molecule has 134 valence electrons. The molecule has 7 nitrogen and oxygen atoms in total. The predicted molar refractivity (Wildman–Crippen MR) is 102 cm³/mol. The Bertz CT molecular complexity index is 1090. The second-order valence-corrected chi connectivity index (χ2v) is 5.95. The molecule has 0 aliphatic rings. The quantitative estimate of drug-likeness (QED) is 0.565. The highest BCUT2D eigenvalue weighted by atomic mass is 16.3. The molecule has 0 fully saturated rings. The minimum absolute atomic E-state index is 0.282. The fraction of sp³-hybridized carbons (Fsp3) is 0.100. The summed E-state index contributed by atoms with van der Waals surface area (Å²) in [6.45, 7) is 2.04. The molecule has 0 aliphatic carbocycles. The van der Waals surface area contributed by atoms with Crippen LogP contribution in [0, 0.1) is 6.92 Å². The molecule has 4 aromatic rings. The summed E-state index contributed by atoms with van der Waals surface area (Å²) >= 11 is 0. The zero-order valence-corrected chi connectivity index (χ0v) is 14.6. The fourth-order valence-corrected chi connectivity index (χ4v) is 2.76. The molecule has 1 aromatic carbocycles. The van der Waals surface area contributed by atoms with E-state index < -0.39 is 0 Å². The van der Waals surface area contributed by atoms with Crippen LogP contribution in [0.2, 0.25) is 0 Å². The number of pyridine rings is 1. The largest absolute Gasteiger partial charge is 0.467 e. The topological polar surface area (TPSA) is 92.9 Å². The Kier molecular flexibility index (Phi) is 4.49. The van der Waals surface area contributed by atoms with Gasteiger partial charge in [0.25, 0.3) is 5.91 Å². The molecule has 2 N–H and O–H groups in total. The Morgan fingerprint density at radius 1 is 1.11 bits per heavy atom. The second kappa shape index (κ2) is 7.25.